The molecule has 0 aliphatic carbocycles. The molecule has 1 heterocycles. The number of nitrogens with two attached hydrogens (primary N) is 1. The highest BCUT2D eigenvalue weighted by Crippen LogP contribution is 2.36. The molecule has 0 spiro atoms. The highest BCUT2D eigenvalue weighted by atomic mass is 35.5. The molecule has 3 rings (SSSR count). The van der Waals surface area contributed by atoms with Crippen molar-refractivity contribution in [1.29, 1.82) is 0 Å². The van der Waals surface area contributed by atoms with Crippen LogP contribution < -0.4 is 10.5 Å². The molecule has 0 fully saturated rings. The van der Waals surface area contributed by atoms with Crippen LogP contribution in [0.25, 0.3) is 0 Å². The van der Waals surface area contributed by atoms with Gasteiger partial charge < -0.3 is 10.5 Å². The molecule has 0 bridgehead atoms. The van der Waals surface area contributed by atoms with Crippen molar-refractivity contribution in [3.05, 3.63) is 62.1 Å². The summed E-state index contributed by atoms with van der Waals surface area (Å²) in [6.07, 6.45) is 1.50. The van der Waals surface area contributed by atoms with E-state index in [2.05, 4.69) is 0 Å². The van der Waals surface area contributed by atoms with Crippen LogP contribution in [-0.4, -0.2) is 6.61 Å². The molecule has 1 unspecified atom stereocenters. The van der Waals surface area contributed by atoms with E-state index in [0.29, 0.717) is 28.1 Å². The first-order chi connectivity index (χ1) is 10.0. The fourth-order valence-corrected chi connectivity index (χ4v) is 3.46. The van der Waals surface area contributed by atoms with Crippen LogP contribution in [0, 0.1) is 0 Å². The van der Waals surface area contributed by atoms with Crippen molar-refractivity contribution < 1.29 is 4.74 Å². The maximum absolute atomic E-state index is 6.30. The van der Waals surface area contributed by atoms with Crippen molar-refractivity contribution in [2.75, 3.05) is 6.61 Å². The van der Waals surface area contributed by atoms with Crippen LogP contribution >= 0.6 is 34.8 Å². The lowest BCUT2D eigenvalue weighted by Gasteiger charge is -2.16. The van der Waals surface area contributed by atoms with E-state index in [9.17, 15) is 0 Å². The maximum Gasteiger partial charge on any atom is 0.125 e. The molecular weight excluding hydrogens is 329 g/mol. The van der Waals surface area contributed by atoms with Crippen LogP contribution in [0.5, 0.6) is 5.75 Å². The van der Waals surface area contributed by atoms with E-state index in [1.807, 2.05) is 18.2 Å². The second-order valence-electron chi connectivity index (χ2n) is 5.13. The summed E-state index contributed by atoms with van der Waals surface area (Å²) in [7, 11) is 0. The van der Waals surface area contributed by atoms with Gasteiger partial charge in [-0.15, -0.1) is 0 Å². The van der Waals surface area contributed by atoms with Gasteiger partial charge in [-0.1, -0.05) is 40.9 Å². The molecular formula is C16H14Cl3NO. The first kappa shape index (κ1) is 15.0. The summed E-state index contributed by atoms with van der Waals surface area (Å²) >= 11 is 18.3. The van der Waals surface area contributed by atoms with E-state index < -0.39 is 0 Å². The van der Waals surface area contributed by atoms with E-state index in [4.69, 9.17) is 45.3 Å². The molecule has 110 valence electrons. The topological polar surface area (TPSA) is 35.2 Å². The Morgan fingerprint density at radius 2 is 1.90 bits per heavy atom. The quantitative estimate of drug-likeness (QED) is 0.867. The highest BCUT2D eigenvalue weighted by molar-refractivity contribution is 6.35. The SMILES string of the molecule is NC(Cc1cc(Cl)cc2c1OCC2)c1ccc(Cl)cc1Cl. The van der Waals surface area contributed by atoms with Crippen LogP contribution in [0.1, 0.15) is 22.7 Å². The minimum absolute atomic E-state index is 0.235. The lowest BCUT2D eigenvalue weighted by atomic mass is 9.97. The number of hydrogen-bond donors (Lipinski definition) is 1. The number of hydrogen-bond acceptors (Lipinski definition) is 2. The van der Waals surface area contributed by atoms with Gasteiger partial charge in [0.25, 0.3) is 0 Å². The first-order valence-corrected chi connectivity index (χ1v) is 7.82. The standard InChI is InChI=1S/C16H14Cl3NO/c17-11-1-2-13(14(19)8-11)15(20)7-10-6-12(18)5-9-3-4-21-16(9)10/h1-2,5-6,8,15H,3-4,7,20H2. The van der Waals surface area contributed by atoms with Crippen LogP contribution in [0.3, 0.4) is 0 Å². The summed E-state index contributed by atoms with van der Waals surface area (Å²) in [4.78, 5) is 0. The number of rotatable bonds is 3. The van der Waals surface area contributed by atoms with Crippen molar-refractivity contribution in [1.82, 2.24) is 0 Å². The molecule has 0 amide bonds. The molecule has 2 nitrogen and oxygen atoms in total. The number of ether oxygens (including phenoxy) is 1. The normalized spacial score (nSPS) is 14.7. The number of benzene rings is 2. The Morgan fingerprint density at radius 3 is 2.67 bits per heavy atom. The van der Waals surface area contributed by atoms with Crippen LogP contribution in [0.4, 0.5) is 0 Å². The molecule has 2 N–H and O–H groups in total. The van der Waals surface area contributed by atoms with Gasteiger partial charge in [0.2, 0.25) is 0 Å². The second-order valence-corrected chi connectivity index (χ2v) is 6.41. The molecule has 21 heavy (non-hydrogen) atoms. The largest absolute Gasteiger partial charge is 0.493 e. The molecule has 2 aromatic rings. The number of fused-ring (bicyclic) bond motifs is 1. The molecule has 0 saturated heterocycles. The summed E-state index contributed by atoms with van der Waals surface area (Å²) < 4.78 is 5.70. The van der Waals surface area contributed by atoms with Gasteiger partial charge in [0, 0.05) is 27.5 Å². The van der Waals surface area contributed by atoms with E-state index >= 15 is 0 Å². The van der Waals surface area contributed by atoms with Gasteiger partial charge in [0.05, 0.1) is 6.61 Å². The smallest absolute Gasteiger partial charge is 0.125 e. The third kappa shape index (κ3) is 3.14. The lowest BCUT2D eigenvalue weighted by Crippen LogP contribution is -2.14. The monoisotopic (exact) mass is 341 g/mol. The third-order valence-electron chi connectivity index (χ3n) is 3.63. The van der Waals surface area contributed by atoms with Gasteiger partial charge in [0.15, 0.2) is 0 Å². The summed E-state index contributed by atoms with van der Waals surface area (Å²) in [6.45, 7) is 0.694. The van der Waals surface area contributed by atoms with E-state index in [-0.39, 0.29) is 6.04 Å². The average molecular weight is 343 g/mol. The molecule has 1 atom stereocenters. The summed E-state index contributed by atoms with van der Waals surface area (Å²) in [5, 5.41) is 1.89. The Kier molecular flexibility index (Phi) is 4.32. The summed E-state index contributed by atoms with van der Waals surface area (Å²) in [6, 6.07) is 8.99. The average Bonchev–Trinajstić information content (AvgIpc) is 2.86. The Labute approximate surface area is 138 Å². The van der Waals surface area contributed by atoms with Crippen molar-refractivity contribution in [2.45, 2.75) is 18.9 Å². The minimum Gasteiger partial charge on any atom is -0.493 e. The zero-order valence-electron chi connectivity index (χ0n) is 11.2. The van der Waals surface area contributed by atoms with Gasteiger partial charge >= 0.3 is 0 Å². The van der Waals surface area contributed by atoms with Crippen LogP contribution in [0.15, 0.2) is 30.3 Å². The zero-order valence-corrected chi connectivity index (χ0v) is 13.5. The van der Waals surface area contributed by atoms with Gasteiger partial charge in [-0.25, -0.2) is 0 Å². The fourth-order valence-electron chi connectivity index (χ4n) is 2.65. The van der Waals surface area contributed by atoms with Gasteiger partial charge in [-0.05, 0) is 47.4 Å². The van der Waals surface area contributed by atoms with Gasteiger partial charge in [-0.3, -0.25) is 0 Å². The molecule has 0 saturated carbocycles. The van der Waals surface area contributed by atoms with Crippen molar-refractivity contribution in [3.8, 4) is 5.75 Å². The first-order valence-electron chi connectivity index (χ1n) is 6.69. The predicted molar refractivity (Wildman–Crippen MR) is 87.7 cm³/mol. The second kappa shape index (κ2) is 6.05. The van der Waals surface area contributed by atoms with Crippen molar-refractivity contribution in [2.24, 2.45) is 5.73 Å². The molecule has 1 aliphatic rings. The Bertz CT molecular complexity index is 687. The lowest BCUT2D eigenvalue weighted by molar-refractivity contribution is 0.352. The van der Waals surface area contributed by atoms with Crippen LogP contribution in [-0.2, 0) is 12.8 Å². The third-order valence-corrected chi connectivity index (χ3v) is 4.41. The van der Waals surface area contributed by atoms with Crippen LogP contribution in [0.2, 0.25) is 15.1 Å². The molecule has 2 aromatic carbocycles. The molecule has 5 heteroatoms. The van der Waals surface area contributed by atoms with E-state index in [1.165, 1.54) is 0 Å². The Balaban J connectivity index is 1.90. The fraction of sp³-hybridized carbons (Fsp3) is 0.250. The van der Waals surface area contributed by atoms with Crippen molar-refractivity contribution in [3.63, 3.8) is 0 Å². The summed E-state index contributed by atoms with van der Waals surface area (Å²) in [5.74, 6) is 0.917. The predicted octanol–water partition coefficient (Wildman–Crippen LogP) is 4.82. The molecule has 1 aliphatic heterocycles. The van der Waals surface area contributed by atoms with Gasteiger partial charge in [-0.2, -0.15) is 0 Å². The molecule has 0 aromatic heterocycles. The minimum atomic E-state index is -0.235. The Morgan fingerprint density at radius 1 is 1.10 bits per heavy atom. The zero-order chi connectivity index (χ0) is 15.0. The maximum atomic E-state index is 6.30. The Hall–Kier alpha value is -0.930. The van der Waals surface area contributed by atoms with Crippen molar-refractivity contribution >= 4 is 34.8 Å². The van der Waals surface area contributed by atoms with E-state index in [0.717, 1.165) is 28.9 Å². The van der Waals surface area contributed by atoms with Gasteiger partial charge in [0.1, 0.15) is 5.75 Å². The number of halogens is 3. The highest BCUT2D eigenvalue weighted by Gasteiger charge is 2.20. The molecule has 0 radical (unpaired) electrons. The summed E-state index contributed by atoms with van der Waals surface area (Å²) in [5.41, 5.74) is 9.33. The van der Waals surface area contributed by atoms with E-state index in [1.54, 1.807) is 12.1 Å².